The van der Waals surface area contributed by atoms with E-state index in [0.29, 0.717) is 28.1 Å². The summed E-state index contributed by atoms with van der Waals surface area (Å²) in [5.41, 5.74) is 0.272. The Balaban J connectivity index is 2.39. The number of allylic oxidation sites excluding steroid dienone is 3. The molecule has 0 amide bonds. The molecule has 1 atom stereocenters. The zero-order valence-corrected chi connectivity index (χ0v) is 26.6. The zero-order chi connectivity index (χ0) is 24.5. The van der Waals surface area contributed by atoms with E-state index >= 15 is 0 Å². The Kier molecular flexibility index (Phi) is 11.1. The Bertz CT molecular complexity index is 980. The van der Waals surface area contributed by atoms with Crippen molar-refractivity contribution in [3.63, 3.8) is 0 Å². The second-order valence-electron chi connectivity index (χ2n) is 8.09. The van der Waals surface area contributed by atoms with Crippen molar-refractivity contribution in [1.29, 1.82) is 0 Å². The molecule has 0 fully saturated rings. The van der Waals surface area contributed by atoms with Gasteiger partial charge < -0.3 is 0 Å². The molecular formula is C24H31ClHgO6S. The molecule has 0 radical (unpaired) electrons. The third kappa shape index (κ3) is 7.15. The third-order valence-corrected chi connectivity index (χ3v) is 14.1. The fraction of sp³-hybridized carbons (Fsp3) is 0.500. The molecule has 0 spiro atoms. The molecule has 1 aromatic carbocycles. The Labute approximate surface area is 212 Å². The van der Waals surface area contributed by atoms with Gasteiger partial charge in [0.2, 0.25) is 0 Å². The molecule has 0 saturated carbocycles. The van der Waals surface area contributed by atoms with Crippen molar-refractivity contribution in [1.82, 2.24) is 0 Å². The van der Waals surface area contributed by atoms with Crippen LogP contribution in [0.1, 0.15) is 51.5 Å². The van der Waals surface area contributed by atoms with Crippen LogP contribution in [0.4, 0.5) is 0 Å². The van der Waals surface area contributed by atoms with Gasteiger partial charge in [-0.3, -0.25) is 0 Å². The molecule has 0 heterocycles. The van der Waals surface area contributed by atoms with Gasteiger partial charge in [-0.1, -0.05) is 0 Å². The molecule has 0 aliphatic heterocycles. The predicted molar refractivity (Wildman–Crippen MR) is 124 cm³/mol. The summed E-state index contributed by atoms with van der Waals surface area (Å²) in [6.45, 7) is 5.53. The summed E-state index contributed by atoms with van der Waals surface area (Å²) in [7, 11) is 2.69. The fourth-order valence-corrected chi connectivity index (χ4v) is 14.5. The molecule has 0 aromatic heterocycles. The van der Waals surface area contributed by atoms with Crippen molar-refractivity contribution in [2.24, 2.45) is 5.41 Å². The minimum atomic E-state index is -3.68. The van der Waals surface area contributed by atoms with Crippen molar-refractivity contribution in [3.05, 3.63) is 52.5 Å². The second kappa shape index (κ2) is 13.1. The molecule has 0 bridgehead atoms. The van der Waals surface area contributed by atoms with E-state index in [9.17, 15) is 18.0 Å². The molecule has 1 aliphatic carbocycles. The number of benzene rings is 1. The van der Waals surface area contributed by atoms with Gasteiger partial charge in [-0.05, 0) is 0 Å². The van der Waals surface area contributed by atoms with E-state index in [2.05, 4.69) is 0 Å². The van der Waals surface area contributed by atoms with Gasteiger partial charge in [0.25, 0.3) is 0 Å². The summed E-state index contributed by atoms with van der Waals surface area (Å²) in [4.78, 5) is 25.3. The molecule has 0 N–H and O–H groups in total. The first-order valence-corrected chi connectivity index (χ1v) is 23.5. The van der Waals surface area contributed by atoms with Crippen LogP contribution in [-0.2, 0) is 52.2 Å². The van der Waals surface area contributed by atoms with Crippen LogP contribution in [0.5, 0.6) is 0 Å². The van der Waals surface area contributed by atoms with Gasteiger partial charge >= 0.3 is 214 Å². The molecule has 6 nitrogen and oxygen atoms in total. The molecule has 33 heavy (non-hydrogen) atoms. The van der Waals surface area contributed by atoms with Crippen LogP contribution in [0, 0.1) is 12.3 Å². The van der Waals surface area contributed by atoms with Crippen LogP contribution in [0.25, 0.3) is 0 Å². The SMILES string of the molecule is CCOC(=O)C(=CCC[C@]1([CH2][Hg][Cl])CCCC=C1S(=O)(=O)c1ccc(C)cc1)C(=O)OCC. The van der Waals surface area contributed by atoms with Gasteiger partial charge in [0.1, 0.15) is 0 Å². The maximum atomic E-state index is 13.6. The standard InChI is InChI=1S/C24H31O6S.ClH.Hg/c1-5-29-22(25)20(23(26)30-6-2)10-9-17-24(4)16-8-7-11-21(24)31(27,28)19-14-12-18(3)13-15-19;;/h10-15H,4-9,16-17H2,1-3H3;1H;/q;;+1/p-1/t24-;;/m0../s1. The summed E-state index contributed by atoms with van der Waals surface area (Å²) < 4.78 is 38.0. The molecule has 1 aliphatic rings. The van der Waals surface area contributed by atoms with Crippen molar-refractivity contribution in [2.45, 2.75) is 61.7 Å². The van der Waals surface area contributed by atoms with Crippen LogP contribution in [0.3, 0.4) is 0 Å². The minimum absolute atomic E-state index is 0.141. The van der Waals surface area contributed by atoms with Crippen molar-refractivity contribution in [3.8, 4) is 0 Å². The van der Waals surface area contributed by atoms with Crippen molar-refractivity contribution < 1.29 is 50.8 Å². The number of hydrogen-bond donors (Lipinski definition) is 0. The number of ether oxygens (including phenoxy) is 2. The summed E-state index contributed by atoms with van der Waals surface area (Å²) >= 11 is -1.77. The van der Waals surface area contributed by atoms with Crippen molar-refractivity contribution >= 4 is 30.0 Å². The number of halogens is 1. The average molecular weight is 684 g/mol. The number of carbonyl (C=O) groups excluding carboxylic acids is 2. The number of aryl methyl sites for hydroxylation is 1. The van der Waals surface area contributed by atoms with Gasteiger partial charge in [-0.25, -0.2) is 0 Å². The van der Waals surface area contributed by atoms with E-state index in [0.717, 1.165) is 18.4 Å². The van der Waals surface area contributed by atoms with E-state index < -0.39 is 50.5 Å². The number of rotatable bonds is 11. The number of esters is 2. The van der Waals surface area contributed by atoms with E-state index in [1.165, 1.54) is 6.08 Å². The van der Waals surface area contributed by atoms with Gasteiger partial charge in [-0.15, -0.1) is 0 Å². The molecular weight excluding hydrogens is 652 g/mol. The van der Waals surface area contributed by atoms with Gasteiger partial charge in [0.15, 0.2) is 0 Å². The third-order valence-electron chi connectivity index (χ3n) is 5.87. The van der Waals surface area contributed by atoms with Crippen LogP contribution < -0.4 is 0 Å². The second-order valence-corrected chi connectivity index (χ2v) is 16.7. The van der Waals surface area contributed by atoms with E-state index in [1.807, 2.05) is 13.0 Å². The summed E-state index contributed by atoms with van der Waals surface area (Å²) in [5, 5.41) is 0. The normalized spacial score (nSPS) is 18.0. The predicted octanol–water partition coefficient (Wildman–Crippen LogP) is 5.31. The van der Waals surface area contributed by atoms with Gasteiger partial charge in [0, 0.05) is 0 Å². The molecule has 0 saturated heterocycles. The van der Waals surface area contributed by atoms with Crippen LogP contribution >= 0.6 is 8.25 Å². The Hall–Kier alpha value is -1.18. The Morgan fingerprint density at radius 2 is 1.73 bits per heavy atom. The summed E-state index contributed by atoms with van der Waals surface area (Å²) in [6.07, 6.45) is 6.50. The van der Waals surface area contributed by atoms with E-state index in [4.69, 9.17) is 17.7 Å². The number of carbonyl (C=O) groups is 2. The summed E-state index contributed by atoms with van der Waals surface area (Å²) in [6, 6.07) is 6.89. The zero-order valence-electron chi connectivity index (χ0n) is 19.6. The van der Waals surface area contributed by atoms with Crippen molar-refractivity contribution in [2.75, 3.05) is 13.2 Å². The first kappa shape index (κ1) is 28.1. The van der Waals surface area contributed by atoms with Crippen LogP contribution in [-0.4, -0.2) is 33.6 Å². The average Bonchev–Trinajstić information content (AvgIpc) is 2.77. The molecule has 178 valence electrons. The first-order valence-electron chi connectivity index (χ1n) is 11.3. The number of sulfone groups is 1. The maximum absolute atomic E-state index is 13.6. The quantitative estimate of drug-likeness (QED) is 0.103. The monoisotopic (exact) mass is 684 g/mol. The van der Waals surface area contributed by atoms with E-state index in [1.54, 1.807) is 38.1 Å². The summed E-state index contributed by atoms with van der Waals surface area (Å²) in [5.74, 6) is -1.46. The molecule has 0 unspecified atom stereocenters. The van der Waals surface area contributed by atoms with Crippen LogP contribution in [0.15, 0.2) is 51.8 Å². The van der Waals surface area contributed by atoms with Gasteiger partial charge in [0.05, 0.1) is 0 Å². The van der Waals surface area contributed by atoms with Gasteiger partial charge in [-0.2, -0.15) is 0 Å². The Morgan fingerprint density at radius 1 is 1.12 bits per heavy atom. The molecule has 1 aromatic rings. The topological polar surface area (TPSA) is 86.7 Å². The number of hydrogen-bond acceptors (Lipinski definition) is 6. The van der Waals surface area contributed by atoms with E-state index in [-0.39, 0.29) is 23.7 Å². The first-order chi connectivity index (χ1) is 15.7. The molecule has 2 rings (SSSR count). The molecule has 9 heteroatoms. The fourth-order valence-electron chi connectivity index (χ4n) is 4.22. The Morgan fingerprint density at radius 3 is 2.27 bits per heavy atom. The van der Waals surface area contributed by atoms with Crippen LogP contribution in [0.2, 0.25) is 3.93 Å².